The number of nitrogens with zero attached hydrogens (tertiary/aromatic N) is 3. The lowest BCUT2D eigenvalue weighted by molar-refractivity contribution is 0.0605. The van der Waals surface area contributed by atoms with Crippen molar-refractivity contribution in [3.05, 3.63) is 63.8 Å². The smallest absolute Gasteiger partial charge is 0.259 e. The van der Waals surface area contributed by atoms with E-state index >= 15 is 0 Å². The molecule has 1 atom stereocenters. The fourth-order valence-electron chi connectivity index (χ4n) is 5.43. The van der Waals surface area contributed by atoms with Gasteiger partial charge in [-0.1, -0.05) is 45.1 Å². The molecule has 0 aromatic carbocycles. The Morgan fingerprint density at radius 1 is 0.971 bits per heavy atom. The molecule has 2 amide bonds. The van der Waals surface area contributed by atoms with Crippen LogP contribution in [0.2, 0.25) is 0 Å². The molecule has 7 heteroatoms. The van der Waals surface area contributed by atoms with Crippen molar-refractivity contribution in [1.29, 1.82) is 0 Å². The fourth-order valence-corrected chi connectivity index (χ4v) is 5.43. The van der Waals surface area contributed by atoms with Crippen LogP contribution in [0.25, 0.3) is 0 Å². The zero-order chi connectivity index (χ0) is 24.6. The van der Waals surface area contributed by atoms with Crippen molar-refractivity contribution in [3.8, 4) is 0 Å². The number of nitrogens with one attached hydrogen (secondary N) is 1. The third-order valence-electron chi connectivity index (χ3n) is 7.42. The Morgan fingerprint density at radius 2 is 1.69 bits per heavy atom. The maximum Gasteiger partial charge on any atom is 0.259 e. The molecule has 2 aliphatic rings. The van der Waals surface area contributed by atoms with E-state index in [1.807, 2.05) is 23.1 Å². The monoisotopic (exact) mass is 478 g/mol. The fraction of sp³-hybridized carbons (Fsp3) is 0.571. The number of rotatable bonds is 6. The average Bonchev–Trinajstić information content (AvgIpc) is 2.86. The second-order valence-electron chi connectivity index (χ2n) is 9.98. The number of pyridine rings is 2. The highest BCUT2D eigenvalue weighted by Gasteiger charge is 2.30. The van der Waals surface area contributed by atoms with Gasteiger partial charge in [-0.2, -0.15) is 0 Å². The van der Waals surface area contributed by atoms with Crippen LogP contribution < -0.4 is 10.7 Å². The van der Waals surface area contributed by atoms with Crippen LogP contribution in [0, 0.1) is 0 Å². The van der Waals surface area contributed by atoms with Crippen LogP contribution >= 0.6 is 0 Å². The second-order valence-corrected chi connectivity index (χ2v) is 9.98. The summed E-state index contributed by atoms with van der Waals surface area (Å²) in [7, 11) is 0. The molecule has 188 valence electrons. The molecule has 3 heterocycles. The number of aromatic nitrogens is 2. The molecule has 0 radical (unpaired) electrons. The van der Waals surface area contributed by atoms with E-state index in [1.54, 1.807) is 23.2 Å². The van der Waals surface area contributed by atoms with E-state index < -0.39 is 5.43 Å². The van der Waals surface area contributed by atoms with Gasteiger partial charge in [-0.15, -0.1) is 0 Å². The number of amides is 2. The van der Waals surface area contributed by atoms with Gasteiger partial charge in [0.25, 0.3) is 11.8 Å². The molecule has 1 N–H and O–H groups in total. The topological polar surface area (TPSA) is 84.3 Å². The summed E-state index contributed by atoms with van der Waals surface area (Å²) in [6.07, 6.45) is 16.4. The van der Waals surface area contributed by atoms with Crippen LogP contribution in [0.3, 0.4) is 0 Å². The molecule has 1 saturated carbocycles. The Kier molecular flexibility index (Phi) is 8.72. The highest BCUT2D eigenvalue weighted by molar-refractivity contribution is 5.99. The lowest BCUT2D eigenvalue weighted by atomic mass is 9.96. The predicted molar refractivity (Wildman–Crippen MR) is 137 cm³/mol. The van der Waals surface area contributed by atoms with Crippen molar-refractivity contribution in [2.24, 2.45) is 0 Å². The van der Waals surface area contributed by atoms with Gasteiger partial charge in [0, 0.05) is 37.2 Å². The molecule has 35 heavy (non-hydrogen) atoms. The van der Waals surface area contributed by atoms with Gasteiger partial charge in [-0.3, -0.25) is 19.4 Å². The highest BCUT2D eigenvalue weighted by atomic mass is 16.2. The number of hydrogen-bond donors (Lipinski definition) is 1. The van der Waals surface area contributed by atoms with Crippen molar-refractivity contribution in [2.45, 2.75) is 96.2 Å². The van der Waals surface area contributed by atoms with E-state index in [1.165, 1.54) is 19.3 Å². The number of carbonyl (C=O) groups is 2. The molecule has 7 nitrogen and oxygen atoms in total. The van der Waals surface area contributed by atoms with Gasteiger partial charge < -0.3 is 14.8 Å². The Hall–Kier alpha value is -2.96. The van der Waals surface area contributed by atoms with Crippen molar-refractivity contribution in [1.82, 2.24) is 19.8 Å². The van der Waals surface area contributed by atoms with Crippen LogP contribution in [-0.4, -0.2) is 44.9 Å². The SMILES string of the molecule is CC[C@@H]1CCCCN1C(=O)c1cn(Cc2ccccn2)cc(C(=O)NC2CCCCCCC2)c1=O. The van der Waals surface area contributed by atoms with E-state index in [2.05, 4.69) is 17.2 Å². The van der Waals surface area contributed by atoms with Crippen LogP contribution in [-0.2, 0) is 6.54 Å². The van der Waals surface area contributed by atoms with Crippen molar-refractivity contribution in [3.63, 3.8) is 0 Å². The molecule has 2 aromatic heterocycles. The van der Waals surface area contributed by atoms with Gasteiger partial charge in [0.05, 0.1) is 12.2 Å². The first-order chi connectivity index (χ1) is 17.1. The molecular formula is C28H38N4O3. The van der Waals surface area contributed by atoms with E-state index in [4.69, 9.17) is 0 Å². The van der Waals surface area contributed by atoms with Crippen molar-refractivity contribution in [2.75, 3.05) is 6.54 Å². The van der Waals surface area contributed by atoms with Gasteiger partial charge in [0.1, 0.15) is 11.1 Å². The Balaban J connectivity index is 1.66. The summed E-state index contributed by atoms with van der Waals surface area (Å²) in [6.45, 7) is 3.10. The first-order valence-corrected chi connectivity index (χ1v) is 13.3. The third kappa shape index (κ3) is 6.38. The summed E-state index contributed by atoms with van der Waals surface area (Å²) in [6, 6.07) is 5.84. The van der Waals surface area contributed by atoms with E-state index in [-0.39, 0.29) is 35.0 Å². The third-order valence-corrected chi connectivity index (χ3v) is 7.42. The molecule has 4 rings (SSSR count). The summed E-state index contributed by atoms with van der Waals surface area (Å²) in [4.78, 5) is 46.7. The Morgan fingerprint density at radius 3 is 2.40 bits per heavy atom. The number of carbonyl (C=O) groups excluding carboxylic acids is 2. The van der Waals surface area contributed by atoms with Gasteiger partial charge in [-0.05, 0) is 50.7 Å². The molecule has 1 saturated heterocycles. The number of likely N-dealkylation sites (tertiary alicyclic amines) is 1. The molecule has 2 fully saturated rings. The molecule has 0 bridgehead atoms. The molecule has 1 aliphatic carbocycles. The summed E-state index contributed by atoms with van der Waals surface area (Å²) in [5, 5.41) is 3.11. The van der Waals surface area contributed by atoms with Crippen LogP contribution in [0.5, 0.6) is 0 Å². The van der Waals surface area contributed by atoms with Gasteiger partial charge in [-0.25, -0.2) is 0 Å². The predicted octanol–water partition coefficient (Wildman–Crippen LogP) is 4.54. The summed E-state index contributed by atoms with van der Waals surface area (Å²) in [5.74, 6) is -0.646. The second kappa shape index (κ2) is 12.1. The molecule has 0 spiro atoms. The summed E-state index contributed by atoms with van der Waals surface area (Å²) < 4.78 is 1.76. The van der Waals surface area contributed by atoms with Gasteiger partial charge >= 0.3 is 0 Å². The first kappa shape index (κ1) is 25.1. The number of piperidine rings is 1. The summed E-state index contributed by atoms with van der Waals surface area (Å²) >= 11 is 0. The molecule has 1 aliphatic heterocycles. The lowest BCUT2D eigenvalue weighted by Crippen LogP contribution is -2.46. The molecular weight excluding hydrogens is 440 g/mol. The zero-order valence-electron chi connectivity index (χ0n) is 20.9. The zero-order valence-corrected chi connectivity index (χ0v) is 20.9. The first-order valence-electron chi connectivity index (χ1n) is 13.3. The lowest BCUT2D eigenvalue weighted by Gasteiger charge is -2.35. The summed E-state index contributed by atoms with van der Waals surface area (Å²) in [5.41, 5.74) is 0.437. The Bertz CT molecular complexity index is 1060. The average molecular weight is 479 g/mol. The van der Waals surface area contributed by atoms with E-state index in [0.29, 0.717) is 13.1 Å². The molecule has 2 aromatic rings. The Labute approximate surface area is 207 Å². The van der Waals surface area contributed by atoms with Gasteiger partial charge in [0.15, 0.2) is 0 Å². The maximum absolute atomic E-state index is 13.6. The van der Waals surface area contributed by atoms with Crippen LogP contribution in [0.15, 0.2) is 41.6 Å². The normalized spacial score (nSPS) is 19.6. The standard InChI is InChI=1S/C28H38N4O3/c1-2-23-15-9-11-17-32(23)28(35)25-20-31(18-22-14-8-10-16-29-22)19-24(26(25)33)27(34)30-21-12-6-4-3-5-7-13-21/h8,10,14,16,19-21,23H,2-7,9,11-13,15,17-18H2,1H3,(H,30,34)/t23-/m1/s1. The van der Waals surface area contributed by atoms with Crippen molar-refractivity contribution >= 4 is 11.8 Å². The minimum Gasteiger partial charge on any atom is -0.349 e. The minimum absolute atomic E-state index is 0.0406. The largest absolute Gasteiger partial charge is 0.349 e. The minimum atomic E-state index is -0.476. The van der Waals surface area contributed by atoms with E-state index in [0.717, 1.165) is 57.1 Å². The van der Waals surface area contributed by atoms with Crippen LogP contribution in [0.1, 0.15) is 104 Å². The quantitative estimate of drug-likeness (QED) is 0.661. The van der Waals surface area contributed by atoms with E-state index in [9.17, 15) is 14.4 Å². The van der Waals surface area contributed by atoms with Gasteiger partial charge in [0.2, 0.25) is 5.43 Å². The van der Waals surface area contributed by atoms with Crippen molar-refractivity contribution < 1.29 is 9.59 Å². The maximum atomic E-state index is 13.6. The van der Waals surface area contributed by atoms with Crippen LogP contribution in [0.4, 0.5) is 0 Å². The highest BCUT2D eigenvalue weighted by Crippen LogP contribution is 2.22. The molecule has 0 unspecified atom stereocenters. The number of hydrogen-bond acceptors (Lipinski definition) is 4.